The minimum atomic E-state index is -0.261. The summed E-state index contributed by atoms with van der Waals surface area (Å²) in [6.45, 7) is 8.63. The zero-order valence-corrected chi connectivity index (χ0v) is 18.2. The first-order chi connectivity index (χ1) is 15.1. The molecule has 0 N–H and O–H groups in total. The molecule has 1 unspecified atom stereocenters. The van der Waals surface area contributed by atoms with E-state index in [0.717, 1.165) is 69.2 Å². The number of piperazine rings is 1. The summed E-state index contributed by atoms with van der Waals surface area (Å²) >= 11 is 0. The molecule has 2 saturated heterocycles. The van der Waals surface area contributed by atoms with E-state index in [4.69, 9.17) is 0 Å². The van der Waals surface area contributed by atoms with E-state index < -0.39 is 0 Å². The van der Waals surface area contributed by atoms with Crippen LogP contribution in [0, 0.1) is 11.7 Å². The monoisotopic (exact) mass is 422 g/mol. The lowest BCUT2D eigenvalue weighted by Gasteiger charge is -2.39. The second-order valence-corrected chi connectivity index (χ2v) is 8.60. The Kier molecular flexibility index (Phi) is 6.97. The molecular formula is C25H31FN4O. The molecule has 4 rings (SSSR count). The van der Waals surface area contributed by atoms with Gasteiger partial charge in [0.1, 0.15) is 11.6 Å². The maximum atomic E-state index is 13.1. The number of rotatable bonds is 5. The quantitative estimate of drug-likeness (QED) is 0.689. The van der Waals surface area contributed by atoms with Crippen molar-refractivity contribution in [1.82, 2.24) is 14.8 Å². The van der Waals surface area contributed by atoms with Crippen LogP contribution in [0.25, 0.3) is 5.57 Å². The van der Waals surface area contributed by atoms with Gasteiger partial charge in [0, 0.05) is 58.1 Å². The zero-order valence-electron chi connectivity index (χ0n) is 18.2. The second-order valence-electron chi connectivity index (χ2n) is 8.60. The predicted octanol–water partition coefficient (Wildman–Crippen LogP) is 3.68. The summed E-state index contributed by atoms with van der Waals surface area (Å²) in [6, 6.07) is 12.4. The Morgan fingerprint density at radius 2 is 1.87 bits per heavy atom. The van der Waals surface area contributed by atoms with E-state index in [2.05, 4.69) is 20.9 Å². The molecule has 164 valence electrons. The standard InChI is InChI=1S/C25H31FN4O/c1-20(22-7-9-23(26)10-8-22)17-25(31)30-12-4-5-21(19-30)18-28-13-15-29(16-14-28)24-6-2-3-11-27-24/h2-3,6-11,17,21H,4-5,12-16,18-19H2,1H3/b20-17+. The lowest BCUT2D eigenvalue weighted by Crippen LogP contribution is -2.50. The second kappa shape index (κ2) is 10.1. The van der Waals surface area contributed by atoms with E-state index in [1.807, 2.05) is 30.2 Å². The van der Waals surface area contributed by atoms with Crippen molar-refractivity contribution in [2.45, 2.75) is 19.8 Å². The molecule has 0 radical (unpaired) electrons. The Hall–Kier alpha value is -2.73. The summed E-state index contributed by atoms with van der Waals surface area (Å²) in [4.78, 5) is 24.1. The molecule has 5 nitrogen and oxygen atoms in total. The maximum Gasteiger partial charge on any atom is 0.246 e. The Morgan fingerprint density at radius 3 is 2.58 bits per heavy atom. The lowest BCUT2D eigenvalue weighted by atomic mass is 9.96. The van der Waals surface area contributed by atoms with Crippen molar-refractivity contribution < 1.29 is 9.18 Å². The SMILES string of the molecule is C/C(=C\C(=O)N1CCCC(CN2CCN(c3ccccn3)CC2)C1)c1ccc(F)cc1. The van der Waals surface area contributed by atoms with Crippen molar-refractivity contribution in [3.05, 3.63) is 66.1 Å². The highest BCUT2D eigenvalue weighted by Gasteiger charge is 2.26. The van der Waals surface area contributed by atoms with Gasteiger partial charge in [-0.3, -0.25) is 9.69 Å². The summed E-state index contributed by atoms with van der Waals surface area (Å²) in [5, 5.41) is 0. The minimum Gasteiger partial charge on any atom is -0.354 e. The van der Waals surface area contributed by atoms with Gasteiger partial charge in [0.05, 0.1) is 0 Å². The van der Waals surface area contributed by atoms with Crippen LogP contribution in [0.2, 0.25) is 0 Å². The van der Waals surface area contributed by atoms with Crippen molar-refractivity contribution in [3.63, 3.8) is 0 Å². The van der Waals surface area contributed by atoms with Crippen LogP contribution in [0.15, 0.2) is 54.7 Å². The average Bonchev–Trinajstić information content (AvgIpc) is 2.81. The van der Waals surface area contributed by atoms with Crippen LogP contribution in [-0.2, 0) is 4.79 Å². The van der Waals surface area contributed by atoms with Gasteiger partial charge in [-0.25, -0.2) is 9.37 Å². The van der Waals surface area contributed by atoms with Gasteiger partial charge in [0.15, 0.2) is 0 Å². The molecule has 2 aliphatic rings. The maximum absolute atomic E-state index is 13.1. The Morgan fingerprint density at radius 1 is 1.10 bits per heavy atom. The van der Waals surface area contributed by atoms with Crippen LogP contribution in [0.5, 0.6) is 0 Å². The van der Waals surface area contributed by atoms with Gasteiger partial charge in [-0.05, 0) is 61.1 Å². The van der Waals surface area contributed by atoms with Gasteiger partial charge in [-0.2, -0.15) is 0 Å². The number of carbonyl (C=O) groups is 1. The van der Waals surface area contributed by atoms with Gasteiger partial charge in [-0.15, -0.1) is 0 Å². The Balaban J connectivity index is 1.28. The Bertz CT molecular complexity index is 891. The summed E-state index contributed by atoms with van der Waals surface area (Å²) < 4.78 is 13.1. The van der Waals surface area contributed by atoms with E-state index >= 15 is 0 Å². The fourth-order valence-electron chi connectivity index (χ4n) is 4.55. The normalized spacial score (nSPS) is 20.7. The van der Waals surface area contributed by atoms with E-state index in [9.17, 15) is 9.18 Å². The number of anilines is 1. The molecule has 0 saturated carbocycles. The molecule has 2 fully saturated rings. The predicted molar refractivity (Wildman–Crippen MR) is 122 cm³/mol. The van der Waals surface area contributed by atoms with Crippen molar-refractivity contribution in [3.8, 4) is 0 Å². The molecule has 1 amide bonds. The van der Waals surface area contributed by atoms with Crippen molar-refractivity contribution >= 4 is 17.3 Å². The number of halogens is 1. The molecule has 1 aromatic heterocycles. The number of benzene rings is 1. The largest absolute Gasteiger partial charge is 0.354 e. The number of nitrogens with zero attached hydrogens (tertiary/aromatic N) is 4. The Labute approximate surface area is 184 Å². The lowest BCUT2D eigenvalue weighted by molar-refractivity contribution is -0.127. The van der Waals surface area contributed by atoms with Crippen LogP contribution < -0.4 is 4.90 Å². The van der Waals surface area contributed by atoms with Crippen LogP contribution in [0.4, 0.5) is 10.2 Å². The number of pyridine rings is 1. The molecular weight excluding hydrogens is 391 g/mol. The third-order valence-electron chi connectivity index (χ3n) is 6.33. The number of aromatic nitrogens is 1. The average molecular weight is 423 g/mol. The fourth-order valence-corrected chi connectivity index (χ4v) is 4.55. The van der Waals surface area contributed by atoms with E-state index in [-0.39, 0.29) is 11.7 Å². The van der Waals surface area contributed by atoms with Crippen molar-refractivity contribution in [2.75, 3.05) is 50.7 Å². The first-order valence-corrected chi connectivity index (χ1v) is 11.2. The van der Waals surface area contributed by atoms with Gasteiger partial charge in [-0.1, -0.05) is 18.2 Å². The summed E-state index contributed by atoms with van der Waals surface area (Å²) in [5.74, 6) is 1.37. The first kappa shape index (κ1) is 21.5. The number of likely N-dealkylation sites (tertiary alicyclic amines) is 1. The molecule has 0 aliphatic carbocycles. The third kappa shape index (κ3) is 5.70. The highest BCUT2D eigenvalue weighted by molar-refractivity contribution is 5.94. The number of amides is 1. The summed E-state index contributed by atoms with van der Waals surface area (Å²) in [6.07, 6.45) is 5.77. The molecule has 2 aromatic rings. The molecule has 31 heavy (non-hydrogen) atoms. The van der Waals surface area contributed by atoms with Crippen molar-refractivity contribution in [2.24, 2.45) is 5.92 Å². The molecule has 1 aromatic carbocycles. The zero-order chi connectivity index (χ0) is 21.6. The summed E-state index contributed by atoms with van der Waals surface area (Å²) in [7, 11) is 0. The van der Waals surface area contributed by atoms with E-state index in [0.29, 0.717) is 5.92 Å². The fraction of sp³-hybridized carbons (Fsp3) is 0.440. The first-order valence-electron chi connectivity index (χ1n) is 11.2. The third-order valence-corrected chi connectivity index (χ3v) is 6.33. The highest BCUT2D eigenvalue weighted by atomic mass is 19.1. The minimum absolute atomic E-state index is 0.0616. The van der Waals surface area contributed by atoms with Gasteiger partial charge < -0.3 is 9.80 Å². The molecule has 1 atom stereocenters. The molecule has 0 bridgehead atoms. The number of hydrogen-bond donors (Lipinski definition) is 0. The van der Waals surface area contributed by atoms with E-state index in [1.54, 1.807) is 18.2 Å². The topological polar surface area (TPSA) is 39.7 Å². The van der Waals surface area contributed by atoms with Crippen LogP contribution in [0.1, 0.15) is 25.3 Å². The number of piperidine rings is 1. The van der Waals surface area contributed by atoms with Crippen LogP contribution in [0.3, 0.4) is 0 Å². The number of carbonyl (C=O) groups excluding carboxylic acids is 1. The molecule has 2 aliphatic heterocycles. The number of allylic oxidation sites excluding steroid dienone is 1. The highest BCUT2D eigenvalue weighted by Crippen LogP contribution is 2.21. The van der Waals surface area contributed by atoms with Crippen LogP contribution >= 0.6 is 0 Å². The van der Waals surface area contributed by atoms with Gasteiger partial charge in [0.2, 0.25) is 5.91 Å². The smallest absolute Gasteiger partial charge is 0.246 e. The van der Waals surface area contributed by atoms with Crippen LogP contribution in [-0.4, -0.2) is 66.5 Å². The van der Waals surface area contributed by atoms with Gasteiger partial charge in [0.25, 0.3) is 0 Å². The van der Waals surface area contributed by atoms with Gasteiger partial charge >= 0.3 is 0 Å². The molecule has 0 spiro atoms. The van der Waals surface area contributed by atoms with Crippen molar-refractivity contribution in [1.29, 1.82) is 0 Å². The molecule has 3 heterocycles. The van der Waals surface area contributed by atoms with E-state index in [1.165, 1.54) is 18.6 Å². The number of hydrogen-bond acceptors (Lipinski definition) is 4. The molecule has 6 heteroatoms. The summed E-state index contributed by atoms with van der Waals surface area (Å²) in [5.41, 5.74) is 1.76.